The van der Waals surface area contributed by atoms with Gasteiger partial charge in [-0.1, -0.05) is 22.9 Å². The molecule has 0 fully saturated rings. The minimum Gasteiger partial charge on any atom is -0.274 e. The van der Waals surface area contributed by atoms with Crippen molar-refractivity contribution < 1.29 is 0 Å². The van der Waals surface area contributed by atoms with Crippen molar-refractivity contribution in [3.63, 3.8) is 0 Å². The van der Waals surface area contributed by atoms with Gasteiger partial charge in [-0.3, -0.25) is 5.73 Å². The van der Waals surface area contributed by atoms with E-state index in [9.17, 15) is 0 Å². The van der Waals surface area contributed by atoms with Crippen molar-refractivity contribution in [1.29, 1.82) is 0 Å². The van der Waals surface area contributed by atoms with Crippen LogP contribution in [-0.4, -0.2) is 4.98 Å². The van der Waals surface area contributed by atoms with Crippen LogP contribution in [-0.2, 0) is 0 Å². The molecule has 0 bridgehead atoms. The third kappa shape index (κ3) is 1.04. The highest BCUT2D eigenvalue weighted by atomic mass is 35.5. The molecule has 4 heteroatoms. The number of thiazole rings is 1. The molecule has 1 rings (SSSR count). The molecule has 0 amide bonds. The molecule has 1 aromatic heterocycles. The number of halogens is 1. The monoisotopic (exact) mass is 133 g/mol. The lowest BCUT2D eigenvalue weighted by Crippen LogP contribution is -1.56. The third-order valence-corrected chi connectivity index (χ3v) is 1.41. The van der Waals surface area contributed by atoms with Gasteiger partial charge in [-0.25, -0.2) is 4.98 Å². The van der Waals surface area contributed by atoms with Crippen LogP contribution in [0.15, 0.2) is 6.20 Å². The highest BCUT2D eigenvalue weighted by molar-refractivity contribution is 7.19. The summed E-state index contributed by atoms with van der Waals surface area (Å²) in [6.07, 6.45) is 1.47. The van der Waals surface area contributed by atoms with Gasteiger partial charge in [-0.05, 0) is 0 Å². The van der Waals surface area contributed by atoms with Crippen LogP contribution < -0.4 is 5.73 Å². The van der Waals surface area contributed by atoms with Crippen LogP contribution >= 0.6 is 22.9 Å². The summed E-state index contributed by atoms with van der Waals surface area (Å²) in [7, 11) is 0. The zero-order valence-corrected chi connectivity index (χ0v) is 4.88. The molecule has 7 heavy (non-hydrogen) atoms. The van der Waals surface area contributed by atoms with Crippen molar-refractivity contribution in [2.75, 3.05) is 0 Å². The average molecular weight is 134 g/mol. The molecule has 0 aliphatic carbocycles. The van der Waals surface area contributed by atoms with Crippen LogP contribution in [0.2, 0.25) is 4.34 Å². The summed E-state index contributed by atoms with van der Waals surface area (Å²) in [5.41, 5.74) is 6.84. The van der Waals surface area contributed by atoms with Gasteiger partial charge in [0.2, 0.25) is 5.13 Å². The maximum absolute atomic E-state index is 6.84. The van der Waals surface area contributed by atoms with Crippen LogP contribution in [0.1, 0.15) is 0 Å². The molecule has 1 aromatic rings. The largest absolute Gasteiger partial charge is 0.274 e. The van der Waals surface area contributed by atoms with Crippen LogP contribution in [0.5, 0.6) is 0 Å². The van der Waals surface area contributed by atoms with E-state index in [0.29, 0.717) is 4.34 Å². The van der Waals surface area contributed by atoms with E-state index in [-0.39, 0.29) is 5.13 Å². The summed E-state index contributed by atoms with van der Waals surface area (Å²) >= 11 is 6.56. The standard InChI is InChI=1S/C3H2ClN2S/c4-2-1-6-3(5)7-2/h1,5H. The minimum absolute atomic E-state index is 0.269. The predicted octanol–water partition coefficient (Wildman–Crippen LogP) is 1.71. The van der Waals surface area contributed by atoms with E-state index in [1.54, 1.807) is 0 Å². The third-order valence-electron chi connectivity index (χ3n) is 0.477. The van der Waals surface area contributed by atoms with Gasteiger partial charge in [0.15, 0.2) is 0 Å². The van der Waals surface area contributed by atoms with Gasteiger partial charge in [0.25, 0.3) is 0 Å². The normalized spacial score (nSPS) is 9.29. The molecule has 0 saturated heterocycles. The number of hydrogen-bond donors (Lipinski definition) is 0. The number of aromatic nitrogens is 1. The van der Waals surface area contributed by atoms with E-state index in [1.807, 2.05) is 0 Å². The van der Waals surface area contributed by atoms with Gasteiger partial charge in [-0.15, -0.1) is 0 Å². The van der Waals surface area contributed by atoms with Crippen molar-refractivity contribution in [3.05, 3.63) is 10.5 Å². The highest BCUT2D eigenvalue weighted by Gasteiger charge is 1.90. The molecule has 0 atom stereocenters. The second-order valence-corrected chi connectivity index (χ2v) is 2.63. The van der Waals surface area contributed by atoms with Crippen LogP contribution in [0, 0.1) is 0 Å². The molecule has 1 radical (unpaired) electrons. The summed E-state index contributed by atoms with van der Waals surface area (Å²) in [5.74, 6) is 0. The molecule has 1 heterocycles. The Morgan fingerprint density at radius 1 is 1.86 bits per heavy atom. The Labute approximate surface area is 49.9 Å². The Balaban J connectivity index is 3.04. The highest BCUT2D eigenvalue weighted by Crippen LogP contribution is 2.19. The van der Waals surface area contributed by atoms with E-state index in [2.05, 4.69) is 4.98 Å². The second-order valence-electron chi connectivity index (χ2n) is 0.970. The summed E-state index contributed by atoms with van der Waals surface area (Å²) < 4.78 is 0.574. The number of rotatable bonds is 0. The van der Waals surface area contributed by atoms with Gasteiger partial charge in [0.05, 0.1) is 6.20 Å². The van der Waals surface area contributed by atoms with Crippen molar-refractivity contribution in [1.82, 2.24) is 10.7 Å². The molecule has 0 spiro atoms. The topological polar surface area (TPSA) is 36.7 Å². The minimum atomic E-state index is 0.269. The van der Waals surface area contributed by atoms with Crippen LogP contribution in [0.4, 0.5) is 5.13 Å². The fourth-order valence-corrected chi connectivity index (χ4v) is 0.918. The quantitative estimate of drug-likeness (QED) is 0.531. The fraction of sp³-hybridized carbons (Fsp3) is 0. The fourth-order valence-electron chi connectivity index (χ4n) is 0.254. The Morgan fingerprint density at radius 3 is 2.71 bits per heavy atom. The van der Waals surface area contributed by atoms with Gasteiger partial charge in [0, 0.05) is 0 Å². The Morgan fingerprint density at radius 2 is 2.57 bits per heavy atom. The molecule has 0 aliphatic rings. The second kappa shape index (κ2) is 1.68. The zero-order valence-electron chi connectivity index (χ0n) is 3.31. The lowest BCUT2D eigenvalue weighted by Gasteiger charge is -1.66. The molecule has 0 unspecified atom stereocenters. The first-order valence-electron chi connectivity index (χ1n) is 1.62. The van der Waals surface area contributed by atoms with Gasteiger partial charge in [0.1, 0.15) is 4.34 Å². The molecular formula is C3H2ClN2S. The van der Waals surface area contributed by atoms with Crippen LogP contribution in [0.3, 0.4) is 0 Å². The molecule has 37 valence electrons. The molecule has 2 nitrogen and oxygen atoms in total. The molecule has 0 saturated carbocycles. The maximum atomic E-state index is 6.84. The summed E-state index contributed by atoms with van der Waals surface area (Å²) in [6, 6.07) is 0. The molecule has 1 N–H and O–H groups in total. The Kier molecular flexibility index (Phi) is 1.17. The summed E-state index contributed by atoms with van der Waals surface area (Å²) in [6.45, 7) is 0. The first-order chi connectivity index (χ1) is 3.29. The van der Waals surface area contributed by atoms with Crippen molar-refractivity contribution >= 4 is 28.1 Å². The van der Waals surface area contributed by atoms with Crippen molar-refractivity contribution in [3.8, 4) is 0 Å². The number of nitrogens with one attached hydrogen (secondary N) is 1. The number of nitrogens with zero attached hydrogens (tertiary/aromatic N) is 1. The zero-order chi connectivity index (χ0) is 5.28. The molecule has 0 aliphatic heterocycles. The van der Waals surface area contributed by atoms with Gasteiger partial charge < -0.3 is 0 Å². The smallest absolute Gasteiger partial charge is 0.203 e. The Bertz CT molecular complexity index is 145. The summed E-state index contributed by atoms with van der Waals surface area (Å²) in [4.78, 5) is 3.57. The molecule has 0 aromatic carbocycles. The number of hydrogen-bond acceptors (Lipinski definition) is 2. The SMILES string of the molecule is [NH]c1ncc(Cl)s1. The predicted molar refractivity (Wildman–Crippen MR) is 29.9 cm³/mol. The van der Waals surface area contributed by atoms with Crippen molar-refractivity contribution in [2.45, 2.75) is 0 Å². The van der Waals surface area contributed by atoms with Gasteiger partial charge >= 0.3 is 0 Å². The lowest BCUT2D eigenvalue weighted by atomic mass is 11.0. The van der Waals surface area contributed by atoms with E-state index in [4.69, 9.17) is 17.3 Å². The lowest BCUT2D eigenvalue weighted by molar-refractivity contribution is 1.34. The average Bonchev–Trinajstić information content (AvgIpc) is 1.87. The summed E-state index contributed by atoms with van der Waals surface area (Å²) in [5, 5.41) is 0.269. The van der Waals surface area contributed by atoms with Crippen LogP contribution in [0.25, 0.3) is 0 Å². The van der Waals surface area contributed by atoms with E-state index < -0.39 is 0 Å². The maximum Gasteiger partial charge on any atom is 0.203 e. The first kappa shape index (κ1) is 4.87. The Hall–Kier alpha value is -0.280. The van der Waals surface area contributed by atoms with Crippen molar-refractivity contribution in [2.24, 2.45) is 0 Å². The van der Waals surface area contributed by atoms with E-state index >= 15 is 0 Å². The first-order valence-corrected chi connectivity index (χ1v) is 2.81. The molecular weight excluding hydrogens is 132 g/mol. The van der Waals surface area contributed by atoms with E-state index in [0.717, 1.165) is 11.3 Å². The van der Waals surface area contributed by atoms with E-state index in [1.165, 1.54) is 6.20 Å². The van der Waals surface area contributed by atoms with Gasteiger partial charge in [-0.2, -0.15) is 0 Å².